The molecule has 19 heavy (non-hydrogen) atoms. The van der Waals surface area contributed by atoms with E-state index >= 15 is 0 Å². The number of hydrogen-bond donors (Lipinski definition) is 2. The van der Waals surface area contributed by atoms with Crippen molar-refractivity contribution in [1.29, 1.82) is 0 Å². The molecule has 104 valence electrons. The van der Waals surface area contributed by atoms with Crippen molar-refractivity contribution in [3.8, 4) is 0 Å². The van der Waals surface area contributed by atoms with Crippen LogP contribution in [0.2, 0.25) is 5.02 Å². The summed E-state index contributed by atoms with van der Waals surface area (Å²) in [6.07, 6.45) is 1.97. The summed E-state index contributed by atoms with van der Waals surface area (Å²) in [6.45, 7) is 4.72. The normalized spacial score (nSPS) is 18.3. The average Bonchev–Trinajstić information content (AvgIpc) is 2.89. The van der Waals surface area contributed by atoms with Gasteiger partial charge in [0.1, 0.15) is 0 Å². The second-order valence-electron chi connectivity index (χ2n) is 4.78. The molecule has 1 aromatic rings. The van der Waals surface area contributed by atoms with Gasteiger partial charge in [-0.25, -0.2) is 4.79 Å². The van der Waals surface area contributed by atoms with E-state index in [0.717, 1.165) is 38.2 Å². The fraction of sp³-hybridized carbons (Fsp3) is 0.500. The predicted octanol–water partition coefficient (Wildman–Crippen LogP) is 2.95. The molecule has 1 heterocycles. The van der Waals surface area contributed by atoms with Crippen molar-refractivity contribution in [2.45, 2.75) is 25.8 Å². The third-order valence-electron chi connectivity index (χ3n) is 3.28. The number of hydrogen-bond acceptors (Lipinski definition) is 2. The first-order valence-corrected chi connectivity index (χ1v) is 7.12. The Balaban J connectivity index is 2.02. The van der Waals surface area contributed by atoms with Gasteiger partial charge in [-0.3, -0.25) is 0 Å². The number of carbonyl (C=O) groups excluding carboxylic acids is 1. The quantitative estimate of drug-likeness (QED) is 0.891. The van der Waals surface area contributed by atoms with E-state index in [9.17, 15) is 4.79 Å². The summed E-state index contributed by atoms with van der Waals surface area (Å²) in [4.78, 5) is 14.3. The van der Waals surface area contributed by atoms with Crippen molar-refractivity contribution < 1.29 is 4.79 Å². The third-order valence-corrected chi connectivity index (χ3v) is 3.51. The topological polar surface area (TPSA) is 44.4 Å². The van der Waals surface area contributed by atoms with Gasteiger partial charge >= 0.3 is 6.03 Å². The summed E-state index contributed by atoms with van der Waals surface area (Å²) in [7, 11) is 0. The van der Waals surface area contributed by atoms with Crippen molar-refractivity contribution in [2.75, 3.05) is 25.0 Å². The van der Waals surface area contributed by atoms with Crippen LogP contribution in [-0.4, -0.2) is 36.6 Å². The Morgan fingerprint density at radius 1 is 1.58 bits per heavy atom. The van der Waals surface area contributed by atoms with E-state index in [1.165, 1.54) is 0 Å². The molecule has 1 saturated heterocycles. The van der Waals surface area contributed by atoms with E-state index in [-0.39, 0.29) is 6.03 Å². The Hall–Kier alpha value is -1.26. The Kier molecular flexibility index (Phi) is 5.05. The summed E-state index contributed by atoms with van der Waals surface area (Å²) in [6, 6.07) is 7.48. The molecule has 5 heteroatoms. The fourth-order valence-electron chi connectivity index (χ4n) is 2.36. The zero-order chi connectivity index (χ0) is 13.7. The number of benzene rings is 1. The largest absolute Gasteiger partial charge is 0.322 e. The zero-order valence-corrected chi connectivity index (χ0v) is 11.9. The number of halogens is 1. The lowest BCUT2D eigenvalue weighted by Gasteiger charge is -2.28. The number of amides is 2. The van der Waals surface area contributed by atoms with Crippen LogP contribution < -0.4 is 10.6 Å². The summed E-state index contributed by atoms with van der Waals surface area (Å²) in [5.41, 5.74) is 0.740. The minimum Gasteiger partial charge on any atom is -0.320 e. The molecular formula is C14H20ClN3O. The zero-order valence-electron chi connectivity index (χ0n) is 11.2. The monoisotopic (exact) mass is 281 g/mol. The Labute approximate surface area is 119 Å². The van der Waals surface area contributed by atoms with E-state index in [1.807, 2.05) is 17.0 Å². The van der Waals surface area contributed by atoms with E-state index in [4.69, 9.17) is 11.6 Å². The van der Waals surface area contributed by atoms with Gasteiger partial charge in [-0.05, 0) is 37.6 Å². The molecule has 0 saturated carbocycles. The van der Waals surface area contributed by atoms with Gasteiger partial charge in [-0.1, -0.05) is 24.6 Å². The van der Waals surface area contributed by atoms with Gasteiger partial charge in [-0.15, -0.1) is 0 Å². The Bertz CT molecular complexity index is 432. The molecule has 1 aromatic carbocycles. The van der Waals surface area contributed by atoms with Gasteiger partial charge in [0.25, 0.3) is 0 Å². The van der Waals surface area contributed by atoms with E-state index in [2.05, 4.69) is 17.6 Å². The van der Waals surface area contributed by atoms with Crippen molar-refractivity contribution in [2.24, 2.45) is 0 Å². The van der Waals surface area contributed by atoms with Gasteiger partial charge in [0.2, 0.25) is 0 Å². The van der Waals surface area contributed by atoms with Crippen LogP contribution in [0.4, 0.5) is 10.5 Å². The molecule has 2 rings (SSSR count). The summed E-state index contributed by atoms with van der Waals surface area (Å²) >= 11 is 5.92. The standard InChI is InChI=1S/C14H20ClN3O/c1-2-8-18(13-6-7-16-10-13)14(19)17-12-5-3-4-11(15)9-12/h3-5,9,13,16H,2,6-8,10H2,1H3,(H,17,19). The molecule has 2 amide bonds. The molecule has 1 fully saturated rings. The van der Waals surface area contributed by atoms with Crippen molar-refractivity contribution in [1.82, 2.24) is 10.2 Å². The second kappa shape index (κ2) is 6.78. The maximum atomic E-state index is 12.3. The first-order valence-electron chi connectivity index (χ1n) is 6.74. The average molecular weight is 282 g/mol. The molecule has 0 aromatic heterocycles. The third kappa shape index (κ3) is 3.85. The van der Waals surface area contributed by atoms with Crippen LogP contribution in [-0.2, 0) is 0 Å². The molecular weight excluding hydrogens is 262 g/mol. The maximum absolute atomic E-state index is 12.3. The van der Waals surface area contributed by atoms with Gasteiger partial charge in [0.15, 0.2) is 0 Å². The van der Waals surface area contributed by atoms with Crippen LogP contribution in [0.15, 0.2) is 24.3 Å². The van der Waals surface area contributed by atoms with Crippen molar-refractivity contribution >= 4 is 23.3 Å². The highest BCUT2D eigenvalue weighted by Gasteiger charge is 2.25. The van der Waals surface area contributed by atoms with Gasteiger partial charge in [0, 0.05) is 29.8 Å². The summed E-state index contributed by atoms with van der Waals surface area (Å²) < 4.78 is 0. The van der Waals surface area contributed by atoms with Crippen LogP contribution in [0.5, 0.6) is 0 Å². The van der Waals surface area contributed by atoms with Crippen molar-refractivity contribution in [3.63, 3.8) is 0 Å². The lowest BCUT2D eigenvalue weighted by atomic mass is 10.2. The second-order valence-corrected chi connectivity index (χ2v) is 5.22. The molecule has 0 aliphatic carbocycles. The van der Waals surface area contributed by atoms with Gasteiger partial charge in [-0.2, -0.15) is 0 Å². The molecule has 1 aliphatic heterocycles. The number of carbonyl (C=O) groups is 1. The molecule has 0 radical (unpaired) electrons. The van der Waals surface area contributed by atoms with Crippen LogP contribution in [0.25, 0.3) is 0 Å². The smallest absolute Gasteiger partial charge is 0.320 e. The Morgan fingerprint density at radius 2 is 2.42 bits per heavy atom. The first kappa shape index (κ1) is 14.2. The molecule has 1 aliphatic rings. The molecule has 1 unspecified atom stereocenters. The van der Waals surface area contributed by atoms with E-state index in [0.29, 0.717) is 11.1 Å². The molecule has 0 bridgehead atoms. The highest BCUT2D eigenvalue weighted by Crippen LogP contribution is 2.17. The van der Waals surface area contributed by atoms with Crippen molar-refractivity contribution in [3.05, 3.63) is 29.3 Å². The molecule has 0 spiro atoms. The molecule has 1 atom stereocenters. The first-order chi connectivity index (χ1) is 9.20. The van der Waals surface area contributed by atoms with Crippen LogP contribution in [0.1, 0.15) is 19.8 Å². The highest BCUT2D eigenvalue weighted by molar-refractivity contribution is 6.30. The van der Waals surface area contributed by atoms with Gasteiger partial charge in [0.05, 0.1) is 0 Å². The number of rotatable bonds is 4. The number of nitrogens with zero attached hydrogens (tertiary/aromatic N) is 1. The number of urea groups is 1. The Morgan fingerprint density at radius 3 is 3.05 bits per heavy atom. The van der Waals surface area contributed by atoms with E-state index < -0.39 is 0 Å². The predicted molar refractivity (Wildman–Crippen MR) is 78.7 cm³/mol. The van der Waals surface area contributed by atoms with Crippen LogP contribution >= 0.6 is 11.6 Å². The molecule has 2 N–H and O–H groups in total. The highest BCUT2D eigenvalue weighted by atomic mass is 35.5. The maximum Gasteiger partial charge on any atom is 0.322 e. The van der Waals surface area contributed by atoms with E-state index in [1.54, 1.807) is 12.1 Å². The fourth-order valence-corrected chi connectivity index (χ4v) is 2.55. The number of anilines is 1. The molecule has 4 nitrogen and oxygen atoms in total. The lowest BCUT2D eigenvalue weighted by Crippen LogP contribution is -2.44. The minimum atomic E-state index is -0.0437. The lowest BCUT2D eigenvalue weighted by molar-refractivity contribution is 0.192. The summed E-state index contributed by atoms with van der Waals surface area (Å²) in [5.74, 6) is 0. The van der Waals surface area contributed by atoms with Gasteiger partial charge < -0.3 is 15.5 Å². The van der Waals surface area contributed by atoms with Crippen LogP contribution in [0.3, 0.4) is 0 Å². The summed E-state index contributed by atoms with van der Waals surface area (Å²) in [5, 5.41) is 6.84. The SMILES string of the molecule is CCCN(C(=O)Nc1cccc(Cl)c1)C1CCNC1. The number of nitrogens with one attached hydrogen (secondary N) is 2. The minimum absolute atomic E-state index is 0.0437. The van der Waals surface area contributed by atoms with Crippen LogP contribution in [0, 0.1) is 0 Å².